The van der Waals surface area contributed by atoms with E-state index in [0.717, 1.165) is 23.7 Å². The molecule has 0 unspecified atom stereocenters. The third-order valence-corrected chi connectivity index (χ3v) is 4.87. The van der Waals surface area contributed by atoms with E-state index in [9.17, 15) is 0 Å². The minimum absolute atomic E-state index is 0.952. The molecule has 2 heteroatoms. The topological polar surface area (TPSA) is 3.24 Å². The van der Waals surface area contributed by atoms with E-state index in [1.165, 1.54) is 24.1 Å². The summed E-state index contributed by atoms with van der Waals surface area (Å²) in [5.74, 6) is 3.95. The lowest BCUT2D eigenvalue weighted by Crippen LogP contribution is -2.20. The second-order valence-corrected chi connectivity index (χ2v) is 5.11. The molecule has 0 spiro atoms. The third kappa shape index (κ3) is 0.939. The highest BCUT2D eigenvalue weighted by Gasteiger charge is 2.48. The zero-order valence-electron chi connectivity index (χ0n) is 7.12. The molecule has 1 saturated heterocycles. The number of hydrogen-bond acceptors (Lipinski definition) is 1. The molecule has 2 fully saturated rings. The van der Waals surface area contributed by atoms with Crippen LogP contribution in [0.15, 0.2) is 12.2 Å². The van der Waals surface area contributed by atoms with Crippen LogP contribution >= 0.6 is 22.6 Å². The normalized spacial score (nSPS) is 50.4. The van der Waals surface area contributed by atoms with Gasteiger partial charge in [-0.15, -0.1) is 0 Å². The molecule has 0 aromatic heterocycles. The van der Waals surface area contributed by atoms with Gasteiger partial charge < -0.3 is 0 Å². The van der Waals surface area contributed by atoms with Crippen molar-refractivity contribution in [1.29, 1.82) is 0 Å². The van der Waals surface area contributed by atoms with E-state index in [1.54, 1.807) is 0 Å². The van der Waals surface area contributed by atoms with E-state index in [1.807, 2.05) is 0 Å². The smallest absolute Gasteiger partial charge is 0.0505 e. The summed E-state index contributed by atoms with van der Waals surface area (Å²) in [6, 6.07) is 0. The quantitative estimate of drug-likeness (QED) is 0.307. The Balaban J connectivity index is 1.82. The maximum Gasteiger partial charge on any atom is 0.0505 e. The number of rotatable bonds is 1. The van der Waals surface area contributed by atoms with E-state index in [0.29, 0.717) is 0 Å². The molecular weight excluding hydrogens is 261 g/mol. The van der Waals surface area contributed by atoms with E-state index in [2.05, 4.69) is 39.6 Å². The molecule has 12 heavy (non-hydrogen) atoms. The van der Waals surface area contributed by atoms with Crippen molar-refractivity contribution in [3.8, 4) is 0 Å². The van der Waals surface area contributed by atoms with Crippen LogP contribution < -0.4 is 0 Å². The van der Waals surface area contributed by atoms with Gasteiger partial charge >= 0.3 is 0 Å². The van der Waals surface area contributed by atoms with Gasteiger partial charge in [-0.05, 0) is 30.1 Å². The van der Waals surface area contributed by atoms with Crippen LogP contribution in [0.1, 0.15) is 6.42 Å². The molecule has 3 aliphatic rings. The summed E-state index contributed by atoms with van der Waals surface area (Å²) in [4.78, 5) is 2.61. The number of nitrogens with zero attached hydrogens (tertiary/aromatic N) is 1. The van der Waals surface area contributed by atoms with E-state index < -0.39 is 0 Å². The highest BCUT2D eigenvalue weighted by Crippen LogP contribution is 2.51. The number of likely N-dealkylation sites (tertiary alicyclic amines) is 1. The Morgan fingerprint density at radius 3 is 2.25 bits per heavy atom. The van der Waals surface area contributed by atoms with Gasteiger partial charge in [0.1, 0.15) is 0 Å². The van der Waals surface area contributed by atoms with Gasteiger partial charge in [0.05, 0.1) is 4.55 Å². The summed E-state index contributed by atoms with van der Waals surface area (Å²) in [5.41, 5.74) is 0. The first-order valence-corrected chi connectivity index (χ1v) is 6.37. The van der Waals surface area contributed by atoms with E-state index in [4.69, 9.17) is 0 Å². The van der Waals surface area contributed by atoms with Crippen LogP contribution in [0.3, 0.4) is 0 Å². The first kappa shape index (κ1) is 7.80. The van der Waals surface area contributed by atoms with Gasteiger partial charge in [0.2, 0.25) is 0 Å². The number of hydrogen-bond donors (Lipinski definition) is 0. The monoisotopic (exact) mass is 275 g/mol. The molecule has 1 saturated carbocycles. The lowest BCUT2D eigenvalue weighted by molar-refractivity contribution is 0.353. The van der Waals surface area contributed by atoms with Gasteiger partial charge in [-0.1, -0.05) is 34.7 Å². The molecule has 1 aliphatic heterocycles. The van der Waals surface area contributed by atoms with Gasteiger partial charge in [-0.3, -0.25) is 4.90 Å². The molecule has 2 bridgehead atoms. The predicted octanol–water partition coefficient (Wildman–Crippen LogP) is 2.13. The number of alkyl halides is 1. The lowest BCUT2D eigenvalue weighted by Gasteiger charge is -2.17. The maximum atomic E-state index is 2.61. The first-order valence-electron chi connectivity index (χ1n) is 4.85. The van der Waals surface area contributed by atoms with Crippen LogP contribution in [0.25, 0.3) is 0 Å². The summed E-state index contributed by atoms with van der Waals surface area (Å²) >= 11 is 2.49. The summed E-state index contributed by atoms with van der Waals surface area (Å²) in [6.45, 7) is 2.75. The second kappa shape index (κ2) is 2.71. The number of fused-ring (bicyclic) bond motifs is 5. The third-order valence-electron chi connectivity index (χ3n) is 3.91. The molecule has 0 aromatic carbocycles. The van der Waals surface area contributed by atoms with Crippen LogP contribution in [0, 0.1) is 23.7 Å². The Morgan fingerprint density at radius 2 is 1.75 bits per heavy atom. The molecule has 2 aliphatic carbocycles. The second-order valence-electron chi connectivity index (χ2n) is 4.43. The molecule has 4 atom stereocenters. The van der Waals surface area contributed by atoms with Crippen molar-refractivity contribution in [2.45, 2.75) is 6.42 Å². The molecule has 1 heterocycles. The average Bonchev–Trinajstić information content (AvgIpc) is 2.75. The molecule has 0 aromatic rings. The fourth-order valence-electron chi connectivity index (χ4n) is 3.34. The van der Waals surface area contributed by atoms with Crippen molar-refractivity contribution >= 4 is 22.6 Å². The zero-order valence-corrected chi connectivity index (χ0v) is 9.28. The van der Waals surface area contributed by atoms with Crippen molar-refractivity contribution in [2.24, 2.45) is 23.7 Å². The minimum Gasteiger partial charge on any atom is -0.294 e. The van der Waals surface area contributed by atoms with Crippen LogP contribution in [-0.4, -0.2) is 22.5 Å². The van der Waals surface area contributed by atoms with Crippen LogP contribution in [0.4, 0.5) is 0 Å². The molecule has 3 rings (SSSR count). The Morgan fingerprint density at radius 1 is 1.17 bits per heavy atom. The highest BCUT2D eigenvalue weighted by molar-refractivity contribution is 14.1. The SMILES string of the molecule is ICN1C[C@@H]2[C@H](C1)[C@H]1C=C[C@@H]2C1. The van der Waals surface area contributed by atoms with Gasteiger partial charge in [0.15, 0.2) is 0 Å². The van der Waals surface area contributed by atoms with Crippen molar-refractivity contribution in [3.05, 3.63) is 12.2 Å². The van der Waals surface area contributed by atoms with Crippen molar-refractivity contribution in [1.82, 2.24) is 4.90 Å². The fourth-order valence-corrected chi connectivity index (χ4v) is 3.89. The molecular formula is C10H14IN. The summed E-state index contributed by atoms with van der Waals surface area (Å²) in [5, 5.41) is 0. The standard InChI is InChI=1S/C10H14IN/c11-6-12-4-9-7-1-2-8(3-7)10(9)5-12/h1-2,7-10H,3-6H2/t7-,8+,9+,10-. The van der Waals surface area contributed by atoms with E-state index >= 15 is 0 Å². The van der Waals surface area contributed by atoms with Crippen LogP contribution in [0.5, 0.6) is 0 Å². The molecule has 0 radical (unpaired) electrons. The Hall–Kier alpha value is 0.430. The summed E-state index contributed by atoms with van der Waals surface area (Å²) in [6.07, 6.45) is 6.43. The highest BCUT2D eigenvalue weighted by atomic mass is 127. The Kier molecular flexibility index (Phi) is 1.76. The molecule has 66 valence electrons. The van der Waals surface area contributed by atoms with Gasteiger partial charge in [-0.2, -0.15) is 0 Å². The van der Waals surface area contributed by atoms with Crippen molar-refractivity contribution in [3.63, 3.8) is 0 Å². The van der Waals surface area contributed by atoms with Gasteiger partial charge in [-0.25, -0.2) is 0 Å². The largest absolute Gasteiger partial charge is 0.294 e. The number of halogens is 1. The van der Waals surface area contributed by atoms with Crippen LogP contribution in [-0.2, 0) is 0 Å². The molecule has 1 nitrogen and oxygen atoms in total. The van der Waals surface area contributed by atoms with Crippen molar-refractivity contribution < 1.29 is 0 Å². The average molecular weight is 275 g/mol. The minimum atomic E-state index is 0.952. The predicted molar refractivity (Wildman–Crippen MR) is 58.2 cm³/mol. The number of allylic oxidation sites excluding steroid dienone is 2. The first-order chi connectivity index (χ1) is 5.88. The summed E-state index contributed by atoms with van der Waals surface area (Å²) in [7, 11) is 0. The lowest BCUT2D eigenvalue weighted by atomic mass is 9.86. The van der Waals surface area contributed by atoms with Gasteiger partial charge in [0.25, 0.3) is 0 Å². The van der Waals surface area contributed by atoms with E-state index in [-0.39, 0.29) is 0 Å². The Bertz CT molecular complexity index is 206. The van der Waals surface area contributed by atoms with Crippen LogP contribution in [0.2, 0.25) is 0 Å². The van der Waals surface area contributed by atoms with Crippen molar-refractivity contribution in [2.75, 3.05) is 17.6 Å². The summed E-state index contributed by atoms with van der Waals surface area (Å²) < 4.78 is 1.23. The van der Waals surface area contributed by atoms with Gasteiger partial charge in [0, 0.05) is 13.1 Å². The molecule has 0 N–H and O–H groups in total. The zero-order chi connectivity index (χ0) is 8.13. The maximum absolute atomic E-state index is 2.61. The fraction of sp³-hybridized carbons (Fsp3) is 0.800. The Labute approximate surface area is 87.3 Å². The molecule has 0 amide bonds.